The van der Waals surface area contributed by atoms with Crippen LogP contribution in [0.15, 0.2) is 18.2 Å². The highest BCUT2D eigenvalue weighted by molar-refractivity contribution is 8.23. The van der Waals surface area contributed by atoms with E-state index >= 15 is 0 Å². The van der Waals surface area contributed by atoms with Gasteiger partial charge in [0.05, 0.1) is 5.75 Å². The van der Waals surface area contributed by atoms with Crippen molar-refractivity contribution < 1.29 is 4.79 Å². The van der Waals surface area contributed by atoms with Gasteiger partial charge in [0.25, 0.3) is 0 Å². The summed E-state index contributed by atoms with van der Waals surface area (Å²) < 4.78 is 0.762. The van der Waals surface area contributed by atoms with Crippen molar-refractivity contribution in [3.63, 3.8) is 0 Å². The van der Waals surface area contributed by atoms with E-state index < -0.39 is 0 Å². The lowest BCUT2D eigenvalue weighted by atomic mass is 10.2. The molecule has 0 spiro atoms. The molecule has 3 nitrogen and oxygen atoms in total. The molecule has 0 radical (unpaired) electrons. The Labute approximate surface area is 135 Å². The van der Waals surface area contributed by atoms with Crippen molar-refractivity contribution in [3.8, 4) is 0 Å². The molecule has 6 heteroatoms. The third kappa shape index (κ3) is 5.31. The van der Waals surface area contributed by atoms with Crippen molar-refractivity contribution >= 4 is 51.5 Å². The zero-order chi connectivity index (χ0) is 15.1. The number of rotatable bonds is 5. The minimum Gasteiger partial charge on any atom is -0.358 e. The molecule has 0 aromatic heterocycles. The number of thiocarbonyl (C=S) groups is 1. The Bertz CT molecular complexity index is 490. The van der Waals surface area contributed by atoms with Crippen LogP contribution in [0.2, 0.25) is 5.02 Å². The van der Waals surface area contributed by atoms with Crippen molar-refractivity contribution in [2.75, 3.05) is 24.2 Å². The lowest BCUT2D eigenvalue weighted by molar-refractivity contribution is -0.113. The lowest BCUT2D eigenvalue weighted by Gasteiger charge is -2.20. The fourth-order valence-corrected chi connectivity index (χ4v) is 3.08. The van der Waals surface area contributed by atoms with E-state index in [0.717, 1.165) is 28.7 Å². The van der Waals surface area contributed by atoms with Crippen LogP contribution in [0.5, 0.6) is 0 Å². The predicted molar refractivity (Wildman–Crippen MR) is 92.8 cm³/mol. The van der Waals surface area contributed by atoms with Gasteiger partial charge in [0.15, 0.2) is 0 Å². The van der Waals surface area contributed by atoms with Gasteiger partial charge >= 0.3 is 0 Å². The summed E-state index contributed by atoms with van der Waals surface area (Å²) in [4.78, 5) is 14.0. The van der Waals surface area contributed by atoms with E-state index in [4.69, 9.17) is 23.8 Å². The number of nitrogens with one attached hydrogen (secondary N) is 1. The monoisotopic (exact) mass is 330 g/mol. The molecule has 1 amide bonds. The molecule has 0 heterocycles. The van der Waals surface area contributed by atoms with Crippen LogP contribution in [0.4, 0.5) is 5.69 Å². The number of hydrogen-bond acceptors (Lipinski definition) is 3. The van der Waals surface area contributed by atoms with Gasteiger partial charge < -0.3 is 10.2 Å². The average Bonchev–Trinajstić information content (AvgIpc) is 2.41. The zero-order valence-corrected chi connectivity index (χ0v) is 14.3. The van der Waals surface area contributed by atoms with E-state index in [1.54, 1.807) is 6.07 Å². The van der Waals surface area contributed by atoms with Crippen LogP contribution in [-0.4, -0.2) is 34.0 Å². The molecule has 110 valence electrons. The van der Waals surface area contributed by atoms with Crippen molar-refractivity contribution in [1.82, 2.24) is 4.90 Å². The molecule has 0 aliphatic carbocycles. The minimum absolute atomic E-state index is 0.0603. The van der Waals surface area contributed by atoms with E-state index in [1.807, 2.05) is 32.9 Å². The number of anilines is 1. The second-order valence-electron chi connectivity index (χ2n) is 4.23. The second-order valence-corrected chi connectivity index (χ2v) is 6.28. The summed E-state index contributed by atoms with van der Waals surface area (Å²) in [6.45, 7) is 7.73. The first-order chi connectivity index (χ1) is 9.47. The van der Waals surface area contributed by atoms with Crippen LogP contribution < -0.4 is 5.32 Å². The maximum absolute atomic E-state index is 11.9. The molecule has 0 atom stereocenters. The smallest absolute Gasteiger partial charge is 0.234 e. The first-order valence-corrected chi connectivity index (χ1v) is 8.22. The van der Waals surface area contributed by atoms with Gasteiger partial charge in [-0.2, -0.15) is 0 Å². The van der Waals surface area contributed by atoms with Gasteiger partial charge in [-0.25, -0.2) is 0 Å². The number of aryl methyl sites for hydroxylation is 1. The second kappa shape index (κ2) is 8.49. The summed E-state index contributed by atoms with van der Waals surface area (Å²) in [5.41, 5.74) is 1.73. The van der Waals surface area contributed by atoms with Crippen molar-refractivity contribution in [1.29, 1.82) is 0 Å². The first kappa shape index (κ1) is 17.3. The third-order valence-corrected chi connectivity index (χ3v) is 4.57. The van der Waals surface area contributed by atoms with E-state index in [0.29, 0.717) is 10.8 Å². The van der Waals surface area contributed by atoms with Gasteiger partial charge in [0.2, 0.25) is 5.91 Å². The quantitative estimate of drug-likeness (QED) is 0.829. The van der Waals surface area contributed by atoms with Crippen LogP contribution in [0.25, 0.3) is 0 Å². The topological polar surface area (TPSA) is 32.3 Å². The summed E-state index contributed by atoms with van der Waals surface area (Å²) in [6, 6.07) is 5.39. The van der Waals surface area contributed by atoms with Crippen LogP contribution in [0, 0.1) is 6.92 Å². The van der Waals surface area contributed by atoms with E-state index in [2.05, 4.69) is 10.2 Å². The molecule has 0 aliphatic heterocycles. The number of benzene rings is 1. The van der Waals surface area contributed by atoms with Gasteiger partial charge in [-0.3, -0.25) is 4.79 Å². The number of halogens is 1. The van der Waals surface area contributed by atoms with Crippen molar-refractivity contribution in [2.24, 2.45) is 0 Å². The Balaban J connectivity index is 2.50. The largest absolute Gasteiger partial charge is 0.358 e. The molecule has 1 rings (SSSR count). The minimum atomic E-state index is -0.0603. The van der Waals surface area contributed by atoms with Gasteiger partial charge in [0, 0.05) is 23.8 Å². The van der Waals surface area contributed by atoms with Crippen LogP contribution >= 0.6 is 35.6 Å². The maximum atomic E-state index is 11.9. The summed E-state index contributed by atoms with van der Waals surface area (Å²) in [6.07, 6.45) is 0. The van der Waals surface area contributed by atoms with Crippen LogP contribution in [-0.2, 0) is 4.79 Å². The fraction of sp³-hybridized carbons (Fsp3) is 0.429. The highest BCUT2D eigenvalue weighted by Crippen LogP contribution is 2.20. The Morgan fingerprint density at radius 2 is 2.05 bits per heavy atom. The number of thioether (sulfide) groups is 1. The van der Waals surface area contributed by atoms with Crippen molar-refractivity contribution in [3.05, 3.63) is 28.8 Å². The Morgan fingerprint density at radius 1 is 1.40 bits per heavy atom. The molecule has 1 aromatic rings. The Hall–Kier alpha value is -0.780. The molecular formula is C14H19ClN2OS2. The van der Waals surface area contributed by atoms with Crippen LogP contribution in [0.3, 0.4) is 0 Å². The molecule has 1 aromatic carbocycles. The third-order valence-electron chi connectivity index (χ3n) is 2.81. The number of carbonyl (C=O) groups excluding carboxylic acids is 1. The molecule has 1 N–H and O–H groups in total. The molecule has 0 aliphatic rings. The fourth-order valence-electron chi connectivity index (χ4n) is 1.65. The number of hydrogen-bond donors (Lipinski definition) is 1. The Kier molecular flexibility index (Phi) is 7.34. The maximum Gasteiger partial charge on any atom is 0.234 e. The molecule has 0 unspecified atom stereocenters. The van der Waals surface area contributed by atoms with Crippen LogP contribution in [0.1, 0.15) is 19.4 Å². The normalized spacial score (nSPS) is 10.2. The van der Waals surface area contributed by atoms with Gasteiger partial charge in [-0.1, -0.05) is 35.6 Å². The highest BCUT2D eigenvalue weighted by atomic mass is 35.5. The summed E-state index contributed by atoms with van der Waals surface area (Å²) >= 11 is 12.6. The summed E-state index contributed by atoms with van der Waals surface area (Å²) in [5, 5.41) is 3.54. The molecule has 20 heavy (non-hydrogen) atoms. The van der Waals surface area contributed by atoms with E-state index in [1.165, 1.54) is 11.8 Å². The van der Waals surface area contributed by atoms with Gasteiger partial charge in [0.1, 0.15) is 4.32 Å². The first-order valence-electron chi connectivity index (χ1n) is 6.45. The van der Waals surface area contributed by atoms with Gasteiger partial charge in [-0.15, -0.1) is 0 Å². The summed E-state index contributed by atoms with van der Waals surface area (Å²) in [5.74, 6) is 0.257. The molecule has 0 saturated carbocycles. The van der Waals surface area contributed by atoms with E-state index in [9.17, 15) is 4.79 Å². The molecule has 0 saturated heterocycles. The molecular weight excluding hydrogens is 312 g/mol. The van der Waals surface area contributed by atoms with Crippen molar-refractivity contribution in [2.45, 2.75) is 20.8 Å². The van der Waals surface area contributed by atoms with E-state index in [-0.39, 0.29) is 5.91 Å². The molecule has 0 fully saturated rings. The molecule has 0 bridgehead atoms. The Morgan fingerprint density at radius 3 is 2.60 bits per heavy atom. The highest BCUT2D eigenvalue weighted by Gasteiger charge is 2.10. The summed E-state index contributed by atoms with van der Waals surface area (Å²) in [7, 11) is 0. The SMILES string of the molecule is CCN(CC)C(=S)SCC(=O)Nc1ccc(Cl)cc1C. The number of carbonyl (C=O) groups is 1. The number of nitrogens with zero attached hydrogens (tertiary/aromatic N) is 1. The number of amides is 1. The zero-order valence-electron chi connectivity index (χ0n) is 11.9. The standard InChI is InChI=1S/C14H19ClN2OS2/c1-4-17(5-2)14(19)20-9-13(18)16-12-7-6-11(15)8-10(12)3/h6-8H,4-5,9H2,1-3H3,(H,16,18). The lowest BCUT2D eigenvalue weighted by Crippen LogP contribution is -2.28. The predicted octanol–water partition coefficient (Wildman–Crippen LogP) is 3.95. The average molecular weight is 331 g/mol. The van der Waals surface area contributed by atoms with Gasteiger partial charge in [-0.05, 0) is 44.5 Å².